The monoisotopic (exact) mass is 277 g/mol. The smallest absolute Gasteiger partial charge is 0.162 e. The van der Waals surface area contributed by atoms with E-state index in [2.05, 4.69) is 62.5 Å². The van der Waals surface area contributed by atoms with Crippen LogP contribution in [0.1, 0.15) is 16.7 Å². The molecule has 21 heavy (non-hydrogen) atoms. The van der Waals surface area contributed by atoms with E-state index in [0.717, 1.165) is 28.1 Å². The van der Waals surface area contributed by atoms with E-state index in [4.69, 9.17) is 9.97 Å². The largest absolute Gasteiger partial charge is 0.373 e. The van der Waals surface area contributed by atoms with Gasteiger partial charge in [0.2, 0.25) is 0 Å². The number of rotatable bonds is 2. The second kappa shape index (κ2) is 5.17. The Kier molecular flexibility index (Phi) is 3.34. The molecule has 0 aliphatic heterocycles. The third-order valence-corrected chi connectivity index (χ3v) is 3.71. The van der Waals surface area contributed by atoms with Gasteiger partial charge in [-0.15, -0.1) is 0 Å². The Bertz CT molecular complexity index is 822. The van der Waals surface area contributed by atoms with Crippen molar-refractivity contribution in [2.24, 2.45) is 0 Å². The summed E-state index contributed by atoms with van der Waals surface area (Å²) in [6.45, 7) is 6.28. The van der Waals surface area contributed by atoms with E-state index in [1.54, 1.807) is 0 Å². The first kappa shape index (κ1) is 13.6. The van der Waals surface area contributed by atoms with E-state index in [1.807, 2.05) is 7.05 Å². The van der Waals surface area contributed by atoms with Crippen LogP contribution in [-0.2, 0) is 0 Å². The Morgan fingerprint density at radius 1 is 0.857 bits per heavy atom. The highest BCUT2D eigenvalue weighted by atomic mass is 15.0. The zero-order chi connectivity index (χ0) is 15.0. The van der Waals surface area contributed by atoms with Gasteiger partial charge in [0.25, 0.3) is 0 Å². The summed E-state index contributed by atoms with van der Waals surface area (Å²) < 4.78 is 0. The minimum Gasteiger partial charge on any atom is -0.373 e. The lowest BCUT2D eigenvalue weighted by Crippen LogP contribution is -2.00. The van der Waals surface area contributed by atoms with E-state index in [0.29, 0.717) is 0 Å². The van der Waals surface area contributed by atoms with Crippen molar-refractivity contribution >= 4 is 16.7 Å². The molecule has 0 saturated carbocycles. The number of hydrogen-bond acceptors (Lipinski definition) is 3. The van der Waals surface area contributed by atoms with Crippen LogP contribution in [-0.4, -0.2) is 17.0 Å². The summed E-state index contributed by atoms with van der Waals surface area (Å²) in [5.41, 5.74) is 5.71. The van der Waals surface area contributed by atoms with Gasteiger partial charge in [0, 0.05) is 18.0 Å². The summed E-state index contributed by atoms with van der Waals surface area (Å²) in [4.78, 5) is 9.43. The van der Waals surface area contributed by atoms with Crippen molar-refractivity contribution in [3.05, 3.63) is 53.1 Å². The van der Waals surface area contributed by atoms with Gasteiger partial charge >= 0.3 is 0 Å². The van der Waals surface area contributed by atoms with E-state index >= 15 is 0 Å². The molecular weight excluding hydrogens is 258 g/mol. The third kappa shape index (κ3) is 2.47. The van der Waals surface area contributed by atoms with Gasteiger partial charge in [-0.2, -0.15) is 0 Å². The molecule has 0 saturated heterocycles. The van der Waals surface area contributed by atoms with Gasteiger partial charge in [-0.1, -0.05) is 35.4 Å². The molecule has 3 rings (SSSR count). The summed E-state index contributed by atoms with van der Waals surface area (Å²) in [5.74, 6) is 1.65. The zero-order valence-electron chi connectivity index (χ0n) is 12.9. The highest BCUT2D eigenvalue weighted by molar-refractivity contribution is 5.91. The van der Waals surface area contributed by atoms with Crippen molar-refractivity contribution in [1.29, 1.82) is 0 Å². The van der Waals surface area contributed by atoms with E-state index in [1.165, 1.54) is 16.7 Å². The second-order valence-electron chi connectivity index (χ2n) is 5.48. The minimum absolute atomic E-state index is 0.771. The van der Waals surface area contributed by atoms with Crippen LogP contribution in [0.4, 0.5) is 5.82 Å². The second-order valence-corrected chi connectivity index (χ2v) is 5.48. The molecule has 2 aromatic carbocycles. The fourth-order valence-electron chi connectivity index (χ4n) is 2.62. The highest BCUT2D eigenvalue weighted by Gasteiger charge is 2.10. The third-order valence-electron chi connectivity index (χ3n) is 3.71. The molecule has 0 radical (unpaired) electrons. The SMILES string of the molecule is CNc1nc(-c2ccc(C)cc2C)nc2ccc(C)cc12. The maximum atomic E-state index is 4.73. The Morgan fingerprint density at radius 2 is 1.57 bits per heavy atom. The molecule has 0 aliphatic rings. The number of hydrogen-bond donors (Lipinski definition) is 1. The molecular formula is C18H19N3. The fraction of sp³-hybridized carbons (Fsp3) is 0.222. The number of aryl methyl sites for hydroxylation is 3. The van der Waals surface area contributed by atoms with Crippen LogP contribution in [0.2, 0.25) is 0 Å². The van der Waals surface area contributed by atoms with Crippen molar-refractivity contribution in [2.75, 3.05) is 12.4 Å². The summed E-state index contributed by atoms with van der Waals surface area (Å²) in [6, 6.07) is 12.6. The van der Waals surface area contributed by atoms with E-state index in [9.17, 15) is 0 Å². The molecule has 3 nitrogen and oxygen atoms in total. The van der Waals surface area contributed by atoms with Crippen LogP contribution in [0.5, 0.6) is 0 Å². The summed E-state index contributed by atoms with van der Waals surface area (Å²) in [6.07, 6.45) is 0. The molecule has 1 heterocycles. The first-order valence-electron chi connectivity index (χ1n) is 7.12. The molecule has 1 N–H and O–H groups in total. The molecule has 3 heteroatoms. The van der Waals surface area contributed by atoms with Gasteiger partial charge in [0.15, 0.2) is 5.82 Å². The average molecular weight is 277 g/mol. The first-order chi connectivity index (χ1) is 10.1. The molecule has 106 valence electrons. The van der Waals surface area contributed by atoms with Crippen molar-refractivity contribution in [3.8, 4) is 11.4 Å². The summed E-state index contributed by atoms with van der Waals surface area (Å²) in [5, 5.41) is 4.25. The van der Waals surface area contributed by atoms with E-state index in [-0.39, 0.29) is 0 Å². The molecule has 0 amide bonds. The lowest BCUT2D eigenvalue weighted by molar-refractivity contribution is 1.20. The number of nitrogens with zero attached hydrogens (tertiary/aromatic N) is 2. The molecule has 1 aromatic heterocycles. The molecule has 0 atom stereocenters. The quantitative estimate of drug-likeness (QED) is 0.760. The Hall–Kier alpha value is -2.42. The first-order valence-corrected chi connectivity index (χ1v) is 7.12. The lowest BCUT2D eigenvalue weighted by atomic mass is 10.0. The molecule has 0 fully saturated rings. The van der Waals surface area contributed by atoms with Crippen LogP contribution in [0.3, 0.4) is 0 Å². The van der Waals surface area contributed by atoms with Crippen molar-refractivity contribution in [1.82, 2.24) is 9.97 Å². The maximum Gasteiger partial charge on any atom is 0.162 e. The standard InChI is InChI=1S/C18H19N3/c1-11-5-7-14(13(3)9-11)18-20-16-8-6-12(2)10-15(16)17(19-4)21-18/h5-10H,1-4H3,(H,19,20,21). The fourth-order valence-corrected chi connectivity index (χ4v) is 2.62. The minimum atomic E-state index is 0.771. The lowest BCUT2D eigenvalue weighted by Gasteiger charge is -2.11. The summed E-state index contributed by atoms with van der Waals surface area (Å²) in [7, 11) is 1.90. The number of anilines is 1. The Balaban J connectivity index is 2.26. The van der Waals surface area contributed by atoms with Gasteiger partial charge in [0.05, 0.1) is 5.52 Å². The van der Waals surface area contributed by atoms with Crippen molar-refractivity contribution < 1.29 is 0 Å². The normalized spacial score (nSPS) is 10.9. The zero-order valence-corrected chi connectivity index (χ0v) is 12.9. The van der Waals surface area contributed by atoms with Crippen LogP contribution < -0.4 is 5.32 Å². The van der Waals surface area contributed by atoms with Gasteiger partial charge < -0.3 is 5.32 Å². The van der Waals surface area contributed by atoms with Crippen LogP contribution in [0.25, 0.3) is 22.3 Å². The molecule has 0 unspecified atom stereocenters. The van der Waals surface area contributed by atoms with Crippen molar-refractivity contribution in [2.45, 2.75) is 20.8 Å². The summed E-state index contributed by atoms with van der Waals surface area (Å²) >= 11 is 0. The van der Waals surface area contributed by atoms with E-state index < -0.39 is 0 Å². The molecule has 0 spiro atoms. The molecule has 3 aromatic rings. The average Bonchev–Trinajstić information content (AvgIpc) is 2.46. The number of benzene rings is 2. The number of nitrogens with one attached hydrogen (secondary N) is 1. The molecule has 0 aliphatic carbocycles. The van der Waals surface area contributed by atoms with Gasteiger partial charge in [-0.05, 0) is 38.5 Å². The maximum absolute atomic E-state index is 4.73. The van der Waals surface area contributed by atoms with Gasteiger partial charge in [0.1, 0.15) is 5.82 Å². The number of aromatic nitrogens is 2. The van der Waals surface area contributed by atoms with Crippen LogP contribution >= 0.6 is 0 Å². The number of fused-ring (bicyclic) bond motifs is 1. The van der Waals surface area contributed by atoms with Crippen LogP contribution in [0, 0.1) is 20.8 Å². The molecule has 0 bridgehead atoms. The highest BCUT2D eigenvalue weighted by Crippen LogP contribution is 2.27. The topological polar surface area (TPSA) is 37.8 Å². The van der Waals surface area contributed by atoms with Crippen molar-refractivity contribution in [3.63, 3.8) is 0 Å². The predicted molar refractivity (Wildman–Crippen MR) is 88.7 cm³/mol. The van der Waals surface area contributed by atoms with Gasteiger partial charge in [-0.3, -0.25) is 0 Å². The predicted octanol–water partition coefficient (Wildman–Crippen LogP) is 4.26. The van der Waals surface area contributed by atoms with Gasteiger partial charge in [-0.25, -0.2) is 9.97 Å². The Morgan fingerprint density at radius 3 is 2.29 bits per heavy atom. The van der Waals surface area contributed by atoms with Crippen LogP contribution in [0.15, 0.2) is 36.4 Å². The Labute approximate surface area is 125 Å².